The highest BCUT2D eigenvalue weighted by atomic mass is 32.2. The number of esters is 1. The molecule has 0 bridgehead atoms. The van der Waals surface area contributed by atoms with Crippen molar-refractivity contribution in [1.29, 1.82) is 0 Å². The molecule has 0 atom stereocenters. The molecule has 0 amide bonds. The van der Waals surface area contributed by atoms with Gasteiger partial charge in [0, 0.05) is 6.42 Å². The number of carbonyl (C=O) groups excluding carboxylic acids is 1. The summed E-state index contributed by atoms with van der Waals surface area (Å²) < 4.78 is 5.47. The highest BCUT2D eigenvalue weighted by Crippen LogP contribution is 2.31. The van der Waals surface area contributed by atoms with Gasteiger partial charge in [-0.1, -0.05) is 56.2 Å². The largest absolute Gasteiger partial charge is 0.427 e. The second-order valence-electron chi connectivity index (χ2n) is 6.33. The van der Waals surface area contributed by atoms with Crippen molar-refractivity contribution in [3.8, 4) is 5.75 Å². The summed E-state index contributed by atoms with van der Waals surface area (Å²) in [4.78, 5) is 15.7. The van der Waals surface area contributed by atoms with Gasteiger partial charge in [-0.2, -0.15) is 0 Å². The van der Waals surface area contributed by atoms with Crippen molar-refractivity contribution in [1.82, 2.24) is 0 Å². The van der Waals surface area contributed by atoms with E-state index in [9.17, 15) is 4.79 Å². The van der Waals surface area contributed by atoms with Crippen molar-refractivity contribution in [2.24, 2.45) is 0 Å². The summed E-state index contributed by atoms with van der Waals surface area (Å²) in [5.41, 5.74) is 0. The van der Waals surface area contributed by atoms with E-state index in [-0.39, 0.29) is 16.9 Å². The quantitative estimate of drug-likeness (QED) is 0.200. The minimum atomic E-state index is -0.182. The van der Waals surface area contributed by atoms with Crippen LogP contribution in [0.25, 0.3) is 0 Å². The predicted octanol–water partition coefficient (Wildman–Crippen LogP) is 6.27. The van der Waals surface area contributed by atoms with Crippen LogP contribution in [0.15, 0.2) is 99.6 Å². The van der Waals surface area contributed by atoms with Crippen LogP contribution in [0.2, 0.25) is 0 Å². The number of hydrogen-bond acceptors (Lipinski definition) is 2. The topological polar surface area (TPSA) is 26.3 Å². The van der Waals surface area contributed by atoms with E-state index in [4.69, 9.17) is 4.74 Å². The molecule has 0 heterocycles. The third-order valence-electron chi connectivity index (χ3n) is 4.23. The first-order chi connectivity index (χ1) is 13.3. The van der Waals surface area contributed by atoms with Crippen LogP contribution in [0.1, 0.15) is 32.6 Å². The lowest BCUT2D eigenvalue weighted by molar-refractivity contribution is -0.134. The van der Waals surface area contributed by atoms with Crippen LogP contribution in [0.3, 0.4) is 0 Å². The zero-order valence-electron chi connectivity index (χ0n) is 15.6. The maximum atomic E-state index is 11.9. The lowest BCUT2D eigenvalue weighted by atomic mass is 10.2. The summed E-state index contributed by atoms with van der Waals surface area (Å²) in [6.45, 7) is 2.13. The molecular weight excluding hydrogens is 352 g/mol. The molecule has 3 rings (SSSR count). The number of benzene rings is 3. The van der Waals surface area contributed by atoms with Crippen LogP contribution in [0.5, 0.6) is 5.75 Å². The van der Waals surface area contributed by atoms with Gasteiger partial charge >= 0.3 is 5.97 Å². The Hall–Kier alpha value is -2.52. The van der Waals surface area contributed by atoms with E-state index in [1.165, 1.54) is 14.7 Å². The Morgan fingerprint density at radius 1 is 0.741 bits per heavy atom. The number of ether oxygens (including phenoxy) is 1. The molecule has 2 nitrogen and oxygen atoms in total. The van der Waals surface area contributed by atoms with E-state index in [0.717, 1.165) is 19.3 Å². The third-order valence-corrected chi connectivity index (χ3v) is 6.46. The van der Waals surface area contributed by atoms with E-state index >= 15 is 0 Å². The fourth-order valence-electron chi connectivity index (χ4n) is 2.87. The van der Waals surface area contributed by atoms with E-state index in [1.807, 2.05) is 24.3 Å². The monoisotopic (exact) mass is 377 g/mol. The molecule has 0 radical (unpaired) electrons. The molecule has 0 unspecified atom stereocenters. The minimum Gasteiger partial charge on any atom is -0.427 e. The van der Waals surface area contributed by atoms with Crippen molar-refractivity contribution in [3.05, 3.63) is 84.9 Å². The van der Waals surface area contributed by atoms with Gasteiger partial charge in [0.1, 0.15) is 5.75 Å². The van der Waals surface area contributed by atoms with Crippen LogP contribution in [-0.2, 0) is 15.7 Å². The summed E-state index contributed by atoms with van der Waals surface area (Å²) in [5, 5.41) is 0. The van der Waals surface area contributed by atoms with Gasteiger partial charge in [0.25, 0.3) is 0 Å². The van der Waals surface area contributed by atoms with Crippen LogP contribution in [-0.4, -0.2) is 5.97 Å². The fraction of sp³-hybridized carbons (Fsp3) is 0.208. The van der Waals surface area contributed by atoms with Crippen LogP contribution < -0.4 is 4.74 Å². The minimum absolute atomic E-state index is 0.152. The smallest absolute Gasteiger partial charge is 0.311 e. The molecule has 3 heteroatoms. The zero-order valence-corrected chi connectivity index (χ0v) is 16.5. The molecule has 0 saturated carbocycles. The van der Waals surface area contributed by atoms with Crippen molar-refractivity contribution in [2.75, 3.05) is 0 Å². The Kier molecular flexibility index (Phi) is 7.11. The lowest BCUT2D eigenvalue weighted by Gasteiger charge is -2.09. The Morgan fingerprint density at radius 3 is 1.78 bits per heavy atom. The standard InChI is InChI=1S/C24H25O2S/c1-2-3-6-15-24(25)26-20-16-18-23(19-17-20)27(21-11-7-4-8-12-21)22-13-9-5-10-14-22/h4-5,7-14,16-19H,2-3,6,15H2,1H3/q+1. The summed E-state index contributed by atoms with van der Waals surface area (Å²) in [7, 11) is -0.182. The maximum Gasteiger partial charge on any atom is 0.311 e. The van der Waals surface area contributed by atoms with Gasteiger partial charge in [0.15, 0.2) is 14.7 Å². The van der Waals surface area contributed by atoms with E-state index in [2.05, 4.69) is 67.6 Å². The summed E-state index contributed by atoms with van der Waals surface area (Å²) >= 11 is 0. The molecule has 0 saturated heterocycles. The molecule has 0 aliphatic carbocycles. The second kappa shape index (κ2) is 9.98. The molecule has 0 N–H and O–H groups in total. The maximum absolute atomic E-state index is 11.9. The SMILES string of the molecule is CCCCCC(=O)Oc1ccc([S+](c2ccccc2)c2ccccc2)cc1. The number of unbranched alkanes of at least 4 members (excludes halogenated alkanes) is 2. The first kappa shape index (κ1) is 19.2. The van der Waals surface area contributed by atoms with Gasteiger partial charge in [-0.15, -0.1) is 0 Å². The first-order valence-corrected chi connectivity index (χ1v) is 10.7. The van der Waals surface area contributed by atoms with Gasteiger partial charge in [-0.05, 0) is 55.0 Å². The third kappa shape index (κ3) is 5.48. The van der Waals surface area contributed by atoms with E-state index < -0.39 is 0 Å². The summed E-state index contributed by atoms with van der Waals surface area (Å²) in [6, 6.07) is 29.0. The van der Waals surface area contributed by atoms with E-state index in [1.54, 1.807) is 0 Å². The molecule has 0 aliphatic rings. The van der Waals surface area contributed by atoms with Crippen molar-refractivity contribution >= 4 is 16.9 Å². The summed E-state index contributed by atoms with van der Waals surface area (Å²) in [5.74, 6) is 0.464. The van der Waals surface area contributed by atoms with Crippen LogP contribution >= 0.6 is 0 Å². The normalized spacial score (nSPS) is 10.7. The lowest BCUT2D eigenvalue weighted by Crippen LogP contribution is -2.08. The highest BCUT2D eigenvalue weighted by molar-refractivity contribution is 7.97. The second-order valence-corrected chi connectivity index (χ2v) is 8.36. The van der Waals surface area contributed by atoms with Crippen molar-refractivity contribution in [2.45, 2.75) is 47.3 Å². The summed E-state index contributed by atoms with van der Waals surface area (Å²) in [6.07, 6.45) is 3.53. The number of carbonyl (C=O) groups is 1. The first-order valence-electron chi connectivity index (χ1n) is 9.43. The predicted molar refractivity (Wildman–Crippen MR) is 111 cm³/mol. The molecule has 3 aromatic carbocycles. The van der Waals surface area contributed by atoms with Crippen LogP contribution in [0.4, 0.5) is 0 Å². The molecule has 0 aromatic heterocycles. The van der Waals surface area contributed by atoms with E-state index in [0.29, 0.717) is 12.2 Å². The van der Waals surface area contributed by atoms with Crippen LogP contribution in [0, 0.1) is 0 Å². The highest BCUT2D eigenvalue weighted by Gasteiger charge is 2.28. The Bertz CT molecular complexity index is 790. The molecule has 3 aromatic rings. The van der Waals surface area contributed by atoms with Gasteiger partial charge < -0.3 is 4.74 Å². The zero-order chi connectivity index (χ0) is 18.9. The Labute approximate surface area is 164 Å². The van der Waals surface area contributed by atoms with Gasteiger partial charge in [-0.3, -0.25) is 4.79 Å². The molecular formula is C24H25O2S+. The Balaban J connectivity index is 1.79. The fourth-order valence-corrected chi connectivity index (χ4v) is 4.95. The van der Waals surface area contributed by atoms with Crippen molar-refractivity contribution in [3.63, 3.8) is 0 Å². The average Bonchev–Trinajstić information content (AvgIpc) is 2.71. The van der Waals surface area contributed by atoms with Crippen molar-refractivity contribution < 1.29 is 9.53 Å². The molecule has 0 aliphatic heterocycles. The van der Waals surface area contributed by atoms with Gasteiger partial charge in [-0.25, -0.2) is 0 Å². The molecule has 27 heavy (non-hydrogen) atoms. The van der Waals surface area contributed by atoms with Gasteiger partial charge in [0.2, 0.25) is 0 Å². The molecule has 0 fully saturated rings. The average molecular weight is 378 g/mol. The Morgan fingerprint density at radius 2 is 1.26 bits per heavy atom. The molecule has 0 spiro atoms. The number of rotatable bonds is 8. The van der Waals surface area contributed by atoms with Gasteiger partial charge in [0.05, 0.1) is 10.9 Å². The number of hydrogen-bond donors (Lipinski definition) is 0. The molecule has 138 valence electrons.